The van der Waals surface area contributed by atoms with Crippen molar-refractivity contribution in [3.05, 3.63) is 34.0 Å². The van der Waals surface area contributed by atoms with Crippen LogP contribution in [0.3, 0.4) is 0 Å². The molecule has 4 aliphatic rings. The van der Waals surface area contributed by atoms with Crippen LogP contribution in [0.5, 0.6) is 0 Å². The van der Waals surface area contributed by atoms with Crippen molar-refractivity contribution in [1.82, 2.24) is 25.1 Å². The van der Waals surface area contributed by atoms with Gasteiger partial charge in [0.1, 0.15) is 11.6 Å². The van der Waals surface area contributed by atoms with E-state index in [-0.39, 0.29) is 5.91 Å². The highest BCUT2D eigenvalue weighted by Gasteiger charge is 2.32. The summed E-state index contributed by atoms with van der Waals surface area (Å²) >= 11 is 0. The number of nitrogens with zero attached hydrogens (tertiary/aromatic N) is 5. The molecule has 0 radical (unpaired) electrons. The number of carbonyl (C=O) groups excluding carboxylic acids is 1. The van der Waals surface area contributed by atoms with E-state index in [1.165, 1.54) is 54.7 Å². The molecule has 1 saturated carbocycles. The Hall–Kier alpha value is -2.44. The molecule has 0 unspecified atom stereocenters. The van der Waals surface area contributed by atoms with Gasteiger partial charge in [-0.25, -0.2) is 9.97 Å². The quantitative estimate of drug-likeness (QED) is 0.717. The van der Waals surface area contributed by atoms with Gasteiger partial charge in [-0.3, -0.25) is 9.89 Å². The molecule has 7 heteroatoms. The summed E-state index contributed by atoms with van der Waals surface area (Å²) in [5.74, 6) is 3.49. The fraction of sp³-hybridized carbons (Fsp3) is 0.692. The average Bonchev–Trinajstić information content (AvgIpc) is 3.62. The first kappa shape index (κ1) is 21.1. The van der Waals surface area contributed by atoms with Gasteiger partial charge in [-0.1, -0.05) is 6.42 Å². The summed E-state index contributed by atoms with van der Waals surface area (Å²) < 4.78 is 0. The van der Waals surface area contributed by atoms with Gasteiger partial charge < -0.3 is 9.80 Å². The second-order valence-electron chi connectivity index (χ2n) is 10.6. The third kappa shape index (κ3) is 4.15. The number of likely N-dealkylation sites (tertiary alicyclic amines) is 1. The number of carbonyl (C=O) groups is 1. The van der Waals surface area contributed by atoms with Gasteiger partial charge in [0, 0.05) is 54.6 Å². The molecule has 2 fully saturated rings. The Morgan fingerprint density at radius 1 is 0.939 bits per heavy atom. The van der Waals surface area contributed by atoms with Crippen molar-refractivity contribution in [3.8, 4) is 0 Å². The maximum atomic E-state index is 13.3. The van der Waals surface area contributed by atoms with E-state index in [0.29, 0.717) is 11.6 Å². The number of amides is 1. The molecule has 2 aliphatic carbocycles. The van der Waals surface area contributed by atoms with E-state index in [9.17, 15) is 4.79 Å². The Kier molecular flexibility index (Phi) is 5.59. The Bertz CT molecular complexity index is 1030. The summed E-state index contributed by atoms with van der Waals surface area (Å²) in [5, 5.41) is 7.60. The highest BCUT2D eigenvalue weighted by Crippen LogP contribution is 2.36. The predicted octanol–water partition coefficient (Wildman–Crippen LogP) is 3.96. The summed E-state index contributed by atoms with van der Waals surface area (Å²) in [6.45, 7) is 5.96. The van der Waals surface area contributed by atoms with Gasteiger partial charge in [0.2, 0.25) is 0 Å². The SMILES string of the molecule is Cc1nc(C2CCN(C(=O)c3n[nH]c4c3CCCCC4)CC2)nc2c1CCCN2CC1CC1. The molecule has 1 N–H and O–H groups in total. The second kappa shape index (κ2) is 8.73. The van der Waals surface area contributed by atoms with Crippen LogP contribution in [0.2, 0.25) is 0 Å². The molecule has 6 rings (SSSR count). The second-order valence-corrected chi connectivity index (χ2v) is 10.6. The number of hydrogen-bond acceptors (Lipinski definition) is 5. The number of aromatic amines is 1. The standard InChI is InChI=1S/C26H36N6O/c1-17-20-7-5-13-32(16-18-9-10-18)25(20)28-24(27-17)19-11-14-31(15-12-19)26(33)23-21-6-3-2-4-8-22(21)29-30-23/h18-19H,2-16H2,1H3,(H,29,30). The van der Waals surface area contributed by atoms with Gasteiger partial charge in [0.15, 0.2) is 5.69 Å². The fourth-order valence-corrected chi connectivity index (χ4v) is 6.01. The van der Waals surface area contributed by atoms with Crippen LogP contribution in [-0.2, 0) is 19.3 Å². The first-order valence-corrected chi connectivity index (χ1v) is 13.1. The first-order chi connectivity index (χ1) is 16.2. The van der Waals surface area contributed by atoms with Gasteiger partial charge in [-0.05, 0) is 77.0 Å². The van der Waals surface area contributed by atoms with Crippen molar-refractivity contribution in [3.63, 3.8) is 0 Å². The molecule has 176 valence electrons. The maximum absolute atomic E-state index is 13.3. The molecule has 0 atom stereocenters. The van der Waals surface area contributed by atoms with Crippen LogP contribution in [0.15, 0.2) is 0 Å². The molecule has 1 saturated heterocycles. The zero-order chi connectivity index (χ0) is 22.4. The molecule has 0 spiro atoms. The van der Waals surface area contributed by atoms with E-state index in [4.69, 9.17) is 9.97 Å². The normalized spacial score (nSPS) is 21.5. The zero-order valence-electron chi connectivity index (χ0n) is 19.9. The topological polar surface area (TPSA) is 78.0 Å². The number of fused-ring (bicyclic) bond motifs is 2. The summed E-state index contributed by atoms with van der Waals surface area (Å²) in [7, 11) is 0. The smallest absolute Gasteiger partial charge is 0.274 e. The van der Waals surface area contributed by atoms with Crippen LogP contribution in [0, 0.1) is 12.8 Å². The number of rotatable bonds is 4. The molecule has 1 amide bonds. The number of aromatic nitrogens is 4. The van der Waals surface area contributed by atoms with Gasteiger partial charge >= 0.3 is 0 Å². The van der Waals surface area contributed by atoms with E-state index >= 15 is 0 Å². The van der Waals surface area contributed by atoms with Crippen molar-refractivity contribution in [2.24, 2.45) is 5.92 Å². The number of piperidine rings is 1. The van der Waals surface area contributed by atoms with Crippen molar-refractivity contribution in [2.75, 3.05) is 31.1 Å². The predicted molar refractivity (Wildman–Crippen MR) is 128 cm³/mol. The Morgan fingerprint density at radius 2 is 1.73 bits per heavy atom. The monoisotopic (exact) mass is 448 g/mol. The lowest BCUT2D eigenvalue weighted by molar-refractivity contribution is 0.0704. The summed E-state index contributed by atoms with van der Waals surface area (Å²) in [6, 6.07) is 0. The minimum atomic E-state index is 0.103. The minimum Gasteiger partial charge on any atom is -0.356 e. The van der Waals surface area contributed by atoms with Crippen LogP contribution in [0.25, 0.3) is 0 Å². The molecule has 0 bridgehead atoms. The van der Waals surface area contributed by atoms with E-state index in [1.807, 2.05) is 4.90 Å². The fourth-order valence-electron chi connectivity index (χ4n) is 6.01. The first-order valence-electron chi connectivity index (χ1n) is 13.1. The minimum absolute atomic E-state index is 0.103. The lowest BCUT2D eigenvalue weighted by Gasteiger charge is -2.34. The third-order valence-corrected chi connectivity index (χ3v) is 8.20. The lowest BCUT2D eigenvalue weighted by atomic mass is 9.94. The lowest BCUT2D eigenvalue weighted by Crippen LogP contribution is -2.39. The third-order valence-electron chi connectivity index (χ3n) is 8.20. The molecular weight excluding hydrogens is 412 g/mol. The van der Waals surface area contributed by atoms with Crippen molar-refractivity contribution in [1.29, 1.82) is 0 Å². The number of H-pyrrole nitrogens is 1. The van der Waals surface area contributed by atoms with Crippen molar-refractivity contribution >= 4 is 11.7 Å². The molecule has 2 aromatic heterocycles. The average molecular weight is 449 g/mol. The van der Waals surface area contributed by atoms with E-state index in [0.717, 1.165) is 82.1 Å². The van der Waals surface area contributed by atoms with Gasteiger partial charge in [0.25, 0.3) is 5.91 Å². The van der Waals surface area contributed by atoms with E-state index in [2.05, 4.69) is 22.0 Å². The number of anilines is 1. The van der Waals surface area contributed by atoms with Gasteiger partial charge in [-0.15, -0.1) is 0 Å². The summed E-state index contributed by atoms with van der Waals surface area (Å²) in [6.07, 6.45) is 12.5. The van der Waals surface area contributed by atoms with Crippen LogP contribution >= 0.6 is 0 Å². The molecule has 4 heterocycles. The van der Waals surface area contributed by atoms with Gasteiger partial charge in [-0.2, -0.15) is 5.10 Å². The molecule has 2 aromatic rings. The number of hydrogen-bond donors (Lipinski definition) is 1. The van der Waals surface area contributed by atoms with Gasteiger partial charge in [0.05, 0.1) is 0 Å². The Morgan fingerprint density at radius 3 is 2.55 bits per heavy atom. The highest BCUT2D eigenvalue weighted by atomic mass is 16.2. The van der Waals surface area contributed by atoms with Crippen LogP contribution < -0.4 is 4.90 Å². The van der Waals surface area contributed by atoms with Crippen LogP contribution in [-0.4, -0.2) is 57.2 Å². The highest BCUT2D eigenvalue weighted by molar-refractivity contribution is 5.94. The van der Waals surface area contributed by atoms with Crippen LogP contribution in [0.4, 0.5) is 5.82 Å². The van der Waals surface area contributed by atoms with E-state index in [1.54, 1.807) is 0 Å². The van der Waals surface area contributed by atoms with Crippen molar-refractivity contribution in [2.45, 2.75) is 83.5 Å². The molecule has 0 aromatic carbocycles. The molecule has 7 nitrogen and oxygen atoms in total. The number of aryl methyl sites for hydroxylation is 2. The van der Waals surface area contributed by atoms with E-state index < -0.39 is 0 Å². The largest absolute Gasteiger partial charge is 0.356 e. The Labute approximate surface area is 196 Å². The Balaban J connectivity index is 1.16. The maximum Gasteiger partial charge on any atom is 0.274 e. The number of nitrogens with one attached hydrogen (secondary N) is 1. The summed E-state index contributed by atoms with van der Waals surface area (Å²) in [5.41, 5.74) is 5.54. The van der Waals surface area contributed by atoms with Crippen LogP contribution in [0.1, 0.15) is 96.1 Å². The van der Waals surface area contributed by atoms with Crippen molar-refractivity contribution < 1.29 is 4.79 Å². The molecule has 33 heavy (non-hydrogen) atoms. The zero-order valence-corrected chi connectivity index (χ0v) is 19.9. The molecule has 2 aliphatic heterocycles. The molecular formula is C26H36N6O. The summed E-state index contributed by atoms with van der Waals surface area (Å²) in [4.78, 5) is 27.9.